The average molecular weight is 223 g/mol. The number of aliphatic hydroxyl groups excluding tert-OH is 1. The molecule has 0 saturated heterocycles. The van der Waals surface area contributed by atoms with Crippen molar-refractivity contribution in [2.45, 2.75) is 19.4 Å². The van der Waals surface area contributed by atoms with Crippen molar-refractivity contribution in [2.24, 2.45) is 5.92 Å². The third kappa shape index (κ3) is 2.97. The van der Waals surface area contributed by atoms with Crippen LogP contribution in [0.5, 0.6) is 5.75 Å². The quantitative estimate of drug-likeness (QED) is 0.774. The highest BCUT2D eigenvalue weighted by atomic mass is 16.5. The van der Waals surface area contributed by atoms with Gasteiger partial charge in [-0.15, -0.1) is 0 Å². The molecule has 1 aromatic rings. The Kier molecular flexibility index (Phi) is 5.29. The molecule has 3 heteroatoms. The van der Waals surface area contributed by atoms with Crippen molar-refractivity contribution in [3.63, 3.8) is 0 Å². The van der Waals surface area contributed by atoms with Crippen LogP contribution in [-0.4, -0.2) is 25.9 Å². The number of aliphatic hydroxyl groups is 1. The van der Waals surface area contributed by atoms with Crippen LogP contribution in [-0.2, 0) is 0 Å². The molecule has 2 unspecified atom stereocenters. The van der Waals surface area contributed by atoms with Gasteiger partial charge >= 0.3 is 0 Å². The van der Waals surface area contributed by atoms with Gasteiger partial charge in [0.25, 0.3) is 0 Å². The largest absolute Gasteiger partial charge is 0.497 e. The third-order valence-electron chi connectivity index (χ3n) is 3.02. The molecule has 2 atom stereocenters. The zero-order valence-corrected chi connectivity index (χ0v) is 10.2. The molecule has 2 N–H and O–H groups in total. The molecule has 0 aliphatic carbocycles. The van der Waals surface area contributed by atoms with E-state index in [1.54, 1.807) is 7.11 Å². The number of benzene rings is 1. The predicted molar refractivity (Wildman–Crippen MR) is 65.7 cm³/mol. The zero-order chi connectivity index (χ0) is 12.0. The van der Waals surface area contributed by atoms with E-state index in [9.17, 15) is 5.11 Å². The summed E-state index contributed by atoms with van der Waals surface area (Å²) in [5, 5.41) is 12.6. The van der Waals surface area contributed by atoms with Crippen molar-refractivity contribution < 1.29 is 9.84 Å². The van der Waals surface area contributed by atoms with Crippen molar-refractivity contribution in [2.75, 3.05) is 20.8 Å². The highest BCUT2D eigenvalue weighted by Crippen LogP contribution is 2.25. The summed E-state index contributed by atoms with van der Waals surface area (Å²) in [6.07, 6.45) is 0.952. The van der Waals surface area contributed by atoms with Crippen molar-refractivity contribution >= 4 is 0 Å². The minimum absolute atomic E-state index is 0.195. The molecule has 0 amide bonds. The number of ether oxygens (including phenoxy) is 1. The fourth-order valence-electron chi connectivity index (χ4n) is 1.96. The van der Waals surface area contributed by atoms with Crippen LogP contribution in [0.1, 0.15) is 24.9 Å². The molecule has 0 aliphatic rings. The van der Waals surface area contributed by atoms with Gasteiger partial charge in [-0.1, -0.05) is 19.1 Å². The highest BCUT2D eigenvalue weighted by Gasteiger charge is 2.19. The van der Waals surface area contributed by atoms with Gasteiger partial charge in [0.15, 0.2) is 0 Å². The first-order chi connectivity index (χ1) is 7.76. The van der Waals surface area contributed by atoms with Crippen LogP contribution < -0.4 is 10.1 Å². The molecule has 0 fully saturated rings. The fraction of sp³-hybridized carbons (Fsp3) is 0.538. The van der Waals surface area contributed by atoms with Gasteiger partial charge in [-0.2, -0.15) is 0 Å². The Balaban J connectivity index is 2.85. The van der Waals surface area contributed by atoms with Gasteiger partial charge in [0.05, 0.1) is 7.11 Å². The van der Waals surface area contributed by atoms with E-state index in [0.717, 1.165) is 12.2 Å². The van der Waals surface area contributed by atoms with Crippen molar-refractivity contribution in [3.8, 4) is 5.75 Å². The molecule has 0 aromatic heterocycles. The molecule has 1 rings (SSSR count). The number of hydrogen-bond donors (Lipinski definition) is 2. The second-order valence-corrected chi connectivity index (χ2v) is 3.89. The van der Waals surface area contributed by atoms with E-state index < -0.39 is 0 Å². The van der Waals surface area contributed by atoms with E-state index in [-0.39, 0.29) is 18.6 Å². The lowest BCUT2D eigenvalue weighted by Crippen LogP contribution is -2.27. The smallest absolute Gasteiger partial charge is 0.118 e. The zero-order valence-electron chi connectivity index (χ0n) is 10.2. The SMILES string of the molecule is CCC(CO)C(NC)c1ccc(OC)cc1. The highest BCUT2D eigenvalue weighted by molar-refractivity contribution is 5.29. The topological polar surface area (TPSA) is 41.5 Å². The molecule has 0 aliphatic heterocycles. The van der Waals surface area contributed by atoms with Crippen LogP contribution in [0.15, 0.2) is 24.3 Å². The summed E-state index contributed by atoms with van der Waals surface area (Å²) < 4.78 is 5.13. The van der Waals surface area contributed by atoms with Crippen LogP contribution in [0.4, 0.5) is 0 Å². The first-order valence-corrected chi connectivity index (χ1v) is 5.68. The summed E-state index contributed by atoms with van der Waals surface area (Å²) in [5.74, 6) is 1.11. The summed E-state index contributed by atoms with van der Waals surface area (Å²) in [6, 6.07) is 8.17. The lowest BCUT2D eigenvalue weighted by atomic mass is 9.91. The van der Waals surface area contributed by atoms with Gasteiger partial charge in [0.1, 0.15) is 5.75 Å². The lowest BCUT2D eigenvalue weighted by molar-refractivity contribution is 0.189. The molecule has 0 radical (unpaired) electrons. The predicted octanol–water partition coefficient (Wildman–Crippen LogP) is 1.97. The Morgan fingerprint density at radius 3 is 2.31 bits per heavy atom. The van der Waals surface area contributed by atoms with Crippen LogP contribution in [0.25, 0.3) is 0 Å². The number of nitrogens with one attached hydrogen (secondary N) is 1. The van der Waals surface area contributed by atoms with Gasteiger partial charge in [-0.3, -0.25) is 0 Å². The van der Waals surface area contributed by atoms with Crippen molar-refractivity contribution in [1.29, 1.82) is 0 Å². The first kappa shape index (κ1) is 13.0. The summed E-state index contributed by atoms with van der Waals surface area (Å²) in [5.41, 5.74) is 1.18. The van der Waals surface area contributed by atoms with E-state index in [2.05, 4.69) is 12.2 Å². The maximum atomic E-state index is 9.32. The van der Waals surface area contributed by atoms with Crippen LogP contribution in [0.2, 0.25) is 0 Å². The van der Waals surface area contributed by atoms with Gasteiger partial charge in [0.2, 0.25) is 0 Å². The van der Waals surface area contributed by atoms with Gasteiger partial charge in [-0.05, 0) is 31.2 Å². The van der Waals surface area contributed by atoms with Crippen LogP contribution in [0.3, 0.4) is 0 Å². The summed E-state index contributed by atoms with van der Waals surface area (Å²) in [4.78, 5) is 0. The van der Waals surface area contributed by atoms with E-state index in [1.165, 1.54) is 5.56 Å². The van der Waals surface area contributed by atoms with Gasteiger partial charge < -0.3 is 15.2 Å². The van der Waals surface area contributed by atoms with E-state index >= 15 is 0 Å². The molecule has 16 heavy (non-hydrogen) atoms. The van der Waals surface area contributed by atoms with Crippen molar-refractivity contribution in [3.05, 3.63) is 29.8 Å². The Morgan fingerprint density at radius 1 is 1.31 bits per heavy atom. The second-order valence-electron chi connectivity index (χ2n) is 3.89. The van der Waals surface area contributed by atoms with Crippen molar-refractivity contribution in [1.82, 2.24) is 5.32 Å². The van der Waals surface area contributed by atoms with Crippen LogP contribution in [0, 0.1) is 5.92 Å². The first-order valence-electron chi connectivity index (χ1n) is 5.68. The number of hydrogen-bond acceptors (Lipinski definition) is 3. The molecular formula is C13H21NO2. The average Bonchev–Trinajstić information content (AvgIpc) is 2.36. The third-order valence-corrected chi connectivity index (χ3v) is 3.02. The molecule has 0 saturated carbocycles. The fourth-order valence-corrected chi connectivity index (χ4v) is 1.96. The standard InChI is InChI=1S/C13H21NO2/c1-4-10(9-15)13(14-2)11-5-7-12(16-3)8-6-11/h5-8,10,13-15H,4,9H2,1-3H3. The Hall–Kier alpha value is -1.06. The lowest BCUT2D eigenvalue weighted by Gasteiger charge is -2.24. The Bertz CT molecular complexity index is 293. The monoisotopic (exact) mass is 223 g/mol. The Labute approximate surface area is 97.4 Å². The molecule has 3 nitrogen and oxygen atoms in total. The van der Waals surface area contributed by atoms with Crippen LogP contribution >= 0.6 is 0 Å². The molecule has 0 bridgehead atoms. The molecule has 1 aromatic carbocycles. The summed E-state index contributed by atoms with van der Waals surface area (Å²) in [7, 11) is 3.58. The Morgan fingerprint density at radius 2 is 1.94 bits per heavy atom. The molecule has 0 heterocycles. The van der Waals surface area contributed by atoms with Gasteiger partial charge in [-0.25, -0.2) is 0 Å². The summed E-state index contributed by atoms with van der Waals surface area (Å²) in [6.45, 7) is 2.29. The van der Waals surface area contributed by atoms with E-state index in [4.69, 9.17) is 4.74 Å². The molecular weight excluding hydrogens is 202 g/mol. The summed E-state index contributed by atoms with van der Waals surface area (Å²) >= 11 is 0. The maximum Gasteiger partial charge on any atom is 0.118 e. The minimum atomic E-state index is 0.195. The molecule has 90 valence electrons. The minimum Gasteiger partial charge on any atom is -0.497 e. The normalized spacial score (nSPS) is 14.5. The van der Waals surface area contributed by atoms with E-state index in [0.29, 0.717) is 0 Å². The van der Waals surface area contributed by atoms with Gasteiger partial charge in [0, 0.05) is 18.6 Å². The maximum absolute atomic E-state index is 9.32. The number of rotatable bonds is 6. The molecule has 0 spiro atoms. The second kappa shape index (κ2) is 6.51. The van der Waals surface area contributed by atoms with E-state index in [1.807, 2.05) is 31.3 Å². The number of methoxy groups -OCH3 is 1.